The van der Waals surface area contributed by atoms with E-state index in [9.17, 15) is 0 Å². The number of hydrazine groups is 1. The van der Waals surface area contributed by atoms with Gasteiger partial charge in [-0.2, -0.15) is 0 Å². The monoisotopic (exact) mass is 165 g/mol. The molecule has 66 valence electrons. The van der Waals surface area contributed by atoms with Gasteiger partial charge in [-0.3, -0.25) is 4.98 Å². The molecular formula is C9H15N3. The summed E-state index contributed by atoms with van der Waals surface area (Å²) in [5, 5.41) is 2.05. The highest BCUT2D eigenvalue weighted by atomic mass is 15.5. The van der Waals surface area contributed by atoms with Crippen LogP contribution in [0.4, 0.5) is 5.69 Å². The summed E-state index contributed by atoms with van der Waals surface area (Å²) in [5.74, 6) is 0. The molecule has 0 spiro atoms. The molecule has 0 radical (unpaired) electrons. The van der Waals surface area contributed by atoms with E-state index in [0.717, 1.165) is 5.69 Å². The molecule has 1 N–H and O–H groups in total. The second kappa shape index (κ2) is 4.07. The Labute approximate surface area is 73.4 Å². The van der Waals surface area contributed by atoms with Crippen LogP contribution in [0.25, 0.3) is 0 Å². The highest BCUT2D eigenvalue weighted by Gasteiger charge is 2.00. The lowest BCUT2D eigenvalue weighted by Crippen LogP contribution is -2.31. The third-order valence-electron chi connectivity index (χ3n) is 1.76. The second-order valence-electron chi connectivity index (χ2n) is 3.05. The Kier molecular flexibility index (Phi) is 3.05. The molecule has 0 unspecified atom stereocenters. The lowest BCUT2D eigenvalue weighted by Gasteiger charge is -2.22. The van der Waals surface area contributed by atoms with Gasteiger partial charge in [0.25, 0.3) is 0 Å². The van der Waals surface area contributed by atoms with Gasteiger partial charge in [-0.15, -0.1) is 0 Å². The van der Waals surface area contributed by atoms with Crippen molar-refractivity contribution in [2.75, 3.05) is 12.5 Å². The van der Waals surface area contributed by atoms with Crippen molar-refractivity contribution in [1.29, 1.82) is 0 Å². The van der Waals surface area contributed by atoms with Crippen LogP contribution in [-0.4, -0.2) is 23.1 Å². The number of rotatable bonds is 3. The van der Waals surface area contributed by atoms with E-state index in [4.69, 9.17) is 0 Å². The van der Waals surface area contributed by atoms with Crippen molar-refractivity contribution in [2.24, 2.45) is 0 Å². The maximum atomic E-state index is 3.94. The van der Waals surface area contributed by atoms with Crippen molar-refractivity contribution in [3.8, 4) is 0 Å². The van der Waals surface area contributed by atoms with Gasteiger partial charge in [0.2, 0.25) is 0 Å². The molecule has 12 heavy (non-hydrogen) atoms. The number of hydrogen-bond donors (Lipinski definition) is 1. The second-order valence-corrected chi connectivity index (χ2v) is 3.05. The zero-order valence-corrected chi connectivity index (χ0v) is 7.78. The van der Waals surface area contributed by atoms with Crippen molar-refractivity contribution in [1.82, 2.24) is 9.99 Å². The van der Waals surface area contributed by atoms with E-state index in [1.54, 1.807) is 12.4 Å². The van der Waals surface area contributed by atoms with Crippen molar-refractivity contribution >= 4 is 5.69 Å². The molecular weight excluding hydrogens is 150 g/mol. The van der Waals surface area contributed by atoms with Crippen LogP contribution in [-0.2, 0) is 0 Å². The van der Waals surface area contributed by atoms with Gasteiger partial charge < -0.3 is 5.43 Å². The fourth-order valence-electron chi connectivity index (χ4n) is 0.759. The number of anilines is 1. The van der Waals surface area contributed by atoms with Crippen molar-refractivity contribution in [2.45, 2.75) is 19.9 Å². The first-order chi connectivity index (χ1) is 5.70. The summed E-state index contributed by atoms with van der Waals surface area (Å²) in [4.78, 5) is 3.94. The third kappa shape index (κ3) is 2.51. The summed E-state index contributed by atoms with van der Waals surface area (Å²) >= 11 is 0. The molecule has 3 heteroatoms. The van der Waals surface area contributed by atoms with E-state index >= 15 is 0 Å². The Bertz CT molecular complexity index is 220. The van der Waals surface area contributed by atoms with Crippen LogP contribution in [0.3, 0.4) is 0 Å². The zero-order chi connectivity index (χ0) is 8.97. The summed E-state index contributed by atoms with van der Waals surface area (Å²) in [7, 11) is 2.02. The van der Waals surface area contributed by atoms with Gasteiger partial charge >= 0.3 is 0 Å². The molecule has 0 aliphatic rings. The van der Waals surface area contributed by atoms with E-state index in [0.29, 0.717) is 6.04 Å². The number of aromatic nitrogens is 1. The molecule has 0 aliphatic carbocycles. The lowest BCUT2D eigenvalue weighted by atomic mass is 10.4. The Morgan fingerprint density at radius 2 is 1.92 bits per heavy atom. The Hall–Kier alpha value is -1.09. The summed E-state index contributed by atoms with van der Waals surface area (Å²) in [5.41, 5.74) is 4.31. The van der Waals surface area contributed by atoms with Gasteiger partial charge in [-0.25, -0.2) is 5.01 Å². The van der Waals surface area contributed by atoms with Crippen molar-refractivity contribution < 1.29 is 0 Å². The molecule has 0 aliphatic heterocycles. The number of pyridine rings is 1. The molecule has 1 aromatic rings. The minimum absolute atomic E-state index is 0.484. The van der Waals surface area contributed by atoms with E-state index in [1.807, 2.05) is 19.2 Å². The standard InChI is InChI=1S/C9H15N3/c1-8(2)12(3)11-9-4-6-10-7-5-9/h4-8H,1-3H3,(H,10,11). The number of nitrogens with zero attached hydrogens (tertiary/aromatic N) is 2. The summed E-state index contributed by atoms with van der Waals surface area (Å²) in [6.45, 7) is 4.27. The normalized spacial score (nSPS) is 10.8. The maximum Gasteiger partial charge on any atom is 0.0520 e. The molecule has 0 aromatic carbocycles. The summed E-state index contributed by atoms with van der Waals surface area (Å²) in [6, 6.07) is 4.37. The summed E-state index contributed by atoms with van der Waals surface area (Å²) in [6.07, 6.45) is 3.55. The average Bonchev–Trinajstić information content (AvgIpc) is 2.06. The SMILES string of the molecule is CC(C)N(C)Nc1ccncc1. The first kappa shape index (κ1) is 9.00. The van der Waals surface area contributed by atoms with Crippen LogP contribution in [0.2, 0.25) is 0 Å². The van der Waals surface area contributed by atoms with Crippen molar-refractivity contribution in [3.63, 3.8) is 0 Å². The largest absolute Gasteiger partial charge is 0.319 e. The van der Waals surface area contributed by atoms with E-state index in [1.165, 1.54) is 0 Å². The highest BCUT2D eigenvalue weighted by molar-refractivity contribution is 5.39. The van der Waals surface area contributed by atoms with E-state index in [2.05, 4.69) is 29.3 Å². The van der Waals surface area contributed by atoms with E-state index < -0.39 is 0 Å². The van der Waals surface area contributed by atoms with Crippen LogP contribution in [0.15, 0.2) is 24.5 Å². The van der Waals surface area contributed by atoms with Gasteiger partial charge in [-0.1, -0.05) is 0 Å². The van der Waals surface area contributed by atoms with Crippen LogP contribution in [0.1, 0.15) is 13.8 Å². The minimum Gasteiger partial charge on any atom is -0.319 e. The zero-order valence-electron chi connectivity index (χ0n) is 7.78. The average molecular weight is 165 g/mol. The molecule has 1 heterocycles. The fourth-order valence-corrected chi connectivity index (χ4v) is 0.759. The third-order valence-corrected chi connectivity index (χ3v) is 1.76. The van der Waals surface area contributed by atoms with Gasteiger partial charge in [0.1, 0.15) is 0 Å². The molecule has 3 nitrogen and oxygen atoms in total. The number of hydrogen-bond acceptors (Lipinski definition) is 3. The molecule has 1 aromatic heterocycles. The molecule has 0 fully saturated rings. The molecule has 0 saturated heterocycles. The smallest absolute Gasteiger partial charge is 0.0520 e. The highest BCUT2D eigenvalue weighted by Crippen LogP contribution is 2.05. The Morgan fingerprint density at radius 1 is 1.33 bits per heavy atom. The van der Waals surface area contributed by atoms with Crippen LogP contribution < -0.4 is 5.43 Å². The predicted octanol–water partition coefficient (Wildman–Crippen LogP) is 1.75. The molecule has 1 rings (SSSR count). The van der Waals surface area contributed by atoms with E-state index in [-0.39, 0.29) is 0 Å². The maximum absolute atomic E-state index is 3.94. The minimum atomic E-state index is 0.484. The quantitative estimate of drug-likeness (QED) is 0.691. The van der Waals surface area contributed by atoms with Gasteiger partial charge in [0.15, 0.2) is 0 Å². The Morgan fingerprint density at radius 3 is 2.42 bits per heavy atom. The molecule has 0 amide bonds. The van der Waals surface area contributed by atoms with Crippen molar-refractivity contribution in [3.05, 3.63) is 24.5 Å². The molecule has 0 bridgehead atoms. The predicted molar refractivity (Wildman–Crippen MR) is 50.8 cm³/mol. The first-order valence-electron chi connectivity index (χ1n) is 4.09. The molecule has 0 saturated carbocycles. The Balaban J connectivity index is 2.53. The van der Waals surface area contributed by atoms with Gasteiger partial charge in [0, 0.05) is 25.5 Å². The topological polar surface area (TPSA) is 28.2 Å². The van der Waals surface area contributed by atoms with Crippen LogP contribution in [0, 0.1) is 0 Å². The number of nitrogens with one attached hydrogen (secondary N) is 1. The van der Waals surface area contributed by atoms with Crippen LogP contribution in [0.5, 0.6) is 0 Å². The van der Waals surface area contributed by atoms with Gasteiger partial charge in [0.05, 0.1) is 5.69 Å². The molecule has 0 atom stereocenters. The fraction of sp³-hybridized carbons (Fsp3) is 0.444. The lowest BCUT2D eigenvalue weighted by molar-refractivity contribution is 0.330. The van der Waals surface area contributed by atoms with Crippen LogP contribution >= 0.6 is 0 Å². The van der Waals surface area contributed by atoms with Gasteiger partial charge in [-0.05, 0) is 26.0 Å². The first-order valence-corrected chi connectivity index (χ1v) is 4.09. The summed E-state index contributed by atoms with van der Waals surface area (Å²) < 4.78 is 0.